The van der Waals surface area contributed by atoms with Gasteiger partial charge in [-0.25, -0.2) is 4.79 Å². The van der Waals surface area contributed by atoms with Crippen LogP contribution in [0.4, 0.5) is 0 Å². The summed E-state index contributed by atoms with van der Waals surface area (Å²) in [4.78, 5) is 11.2. The second-order valence-corrected chi connectivity index (χ2v) is 4.64. The van der Waals surface area contributed by atoms with Gasteiger partial charge in [-0.05, 0) is 25.1 Å². The largest absolute Gasteiger partial charge is 0.496 e. The Morgan fingerprint density at radius 3 is 2.83 bits per heavy atom. The summed E-state index contributed by atoms with van der Waals surface area (Å²) < 4.78 is 6.06. The van der Waals surface area contributed by atoms with Gasteiger partial charge in [-0.15, -0.1) is 0 Å². The van der Waals surface area contributed by atoms with Gasteiger partial charge in [0.05, 0.1) is 7.11 Å². The van der Waals surface area contributed by atoms with Gasteiger partial charge in [-0.1, -0.05) is 15.9 Å². The number of aromatic nitrogens is 2. The molecule has 0 aliphatic rings. The minimum atomic E-state index is -1.02. The number of H-pyrrole nitrogens is 1. The Morgan fingerprint density at radius 2 is 2.22 bits per heavy atom. The fourth-order valence-electron chi connectivity index (χ4n) is 1.75. The summed E-state index contributed by atoms with van der Waals surface area (Å²) in [6.45, 7) is 1.67. The standard InChI is InChI=1S/C12H11BrN2O3/c1-6-10(12(16)17)11(15-14-6)8-5-7(13)3-4-9(8)18-2/h3-5H,1-2H3,(H,14,15)(H,16,17). The van der Waals surface area contributed by atoms with Crippen molar-refractivity contribution in [1.82, 2.24) is 10.2 Å². The summed E-state index contributed by atoms with van der Waals surface area (Å²) in [6, 6.07) is 5.36. The van der Waals surface area contributed by atoms with Gasteiger partial charge in [0.15, 0.2) is 0 Å². The monoisotopic (exact) mass is 310 g/mol. The first-order chi connectivity index (χ1) is 8.54. The number of carboxylic acids is 1. The summed E-state index contributed by atoms with van der Waals surface area (Å²) in [5, 5.41) is 16.0. The Labute approximate surface area is 112 Å². The van der Waals surface area contributed by atoms with Crippen LogP contribution in [0.15, 0.2) is 22.7 Å². The number of carbonyl (C=O) groups is 1. The summed E-state index contributed by atoms with van der Waals surface area (Å²) >= 11 is 3.35. The van der Waals surface area contributed by atoms with E-state index >= 15 is 0 Å². The molecule has 0 aliphatic carbocycles. The highest BCUT2D eigenvalue weighted by molar-refractivity contribution is 9.10. The third-order valence-electron chi connectivity index (χ3n) is 2.58. The maximum absolute atomic E-state index is 11.2. The molecule has 94 valence electrons. The first-order valence-corrected chi connectivity index (χ1v) is 5.96. The van der Waals surface area contributed by atoms with Crippen LogP contribution in [-0.4, -0.2) is 28.4 Å². The molecule has 0 amide bonds. The normalized spacial score (nSPS) is 10.4. The van der Waals surface area contributed by atoms with Crippen LogP contribution in [0, 0.1) is 6.92 Å². The van der Waals surface area contributed by atoms with E-state index in [0.29, 0.717) is 22.7 Å². The molecule has 1 aromatic carbocycles. The number of aryl methyl sites for hydroxylation is 1. The van der Waals surface area contributed by atoms with Crippen molar-refractivity contribution >= 4 is 21.9 Å². The average Bonchev–Trinajstić information content (AvgIpc) is 2.71. The minimum absolute atomic E-state index is 0.159. The first kappa shape index (κ1) is 12.6. The lowest BCUT2D eigenvalue weighted by Gasteiger charge is -2.07. The van der Waals surface area contributed by atoms with Crippen molar-refractivity contribution in [2.24, 2.45) is 0 Å². The molecule has 2 aromatic rings. The number of ether oxygens (including phenoxy) is 1. The molecule has 2 N–H and O–H groups in total. The molecule has 0 atom stereocenters. The van der Waals surface area contributed by atoms with Crippen LogP contribution in [0.5, 0.6) is 5.75 Å². The van der Waals surface area contributed by atoms with Crippen molar-refractivity contribution in [3.05, 3.63) is 33.9 Å². The van der Waals surface area contributed by atoms with Gasteiger partial charge in [0, 0.05) is 15.7 Å². The van der Waals surface area contributed by atoms with Crippen molar-refractivity contribution in [2.45, 2.75) is 6.92 Å². The maximum Gasteiger partial charge on any atom is 0.339 e. The van der Waals surface area contributed by atoms with Crippen LogP contribution < -0.4 is 4.74 Å². The quantitative estimate of drug-likeness (QED) is 0.914. The molecule has 0 fully saturated rings. The van der Waals surface area contributed by atoms with Crippen molar-refractivity contribution in [1.29, 1.82) is 0 Å². The maximum atomic E-state index is 11.2. The summed E-state index contributed by atoms with van der Waals surface area (Å²) in [5.41, 5.74) is 1.68. The van der Waals surface area contributed by atoms with E-state index in [-0.39, 0.29) is 5.56 Å². The van der Waals surface area contributed by atoms with Gasteiger partial charge < -0.3 is 9.84 Å². The second kappa shape index (κ2) is 4.81. The van der Waals surface area contributed by atoms with Crippen LogP contribution in [0.3, 0.4) is 0 Å². The molecule has 0 bridgehead atoms. The SMILES string of the molecule is COc1ccc(Br)cc1-c1n[nH]c(C)c1C(=O)O. The molecule has 0 aliphatic heterocycles. The van der Waals surface area contributed by atoms with Crippen molar-refractivity contribution in [2.75, 3.05) is 7.11 Å². The molecule has 0 radical (unpaired) electrons. The fourth-order valence-corrected chi connectivity index (χ4v) is 2.11. The minimum Gasteiger partial charge on any atom is -0.496 e. The van der Waals surface area contributed by atoms with Gasteiger partial charge >= 0.3 is 5.97 Å². The van der Waals surface area contributed by atoms with Crippen molar-refractivity contribution in [3.8, 4) is 17.0 Å². The number of nitrogens with one attached hydrogen (secondary N) is 1. The molecule has 6 heteroatoms. The molecule has 0 unspecified atom stereocenters. The van der Waals surface area contributed by atoms with Crippen LogP contribution >= 0.6 is 15.9 Å². The van der Waals surface area contributed by atoms with Crippen LogP contribution in [0.2, 0.25) is 0 Å². The Balaban J connectivity index is 2.69. The Morgan fingerprint density at radius 1 is 1.50 bits per heavy atom. The van der Waals surface area contributed by atoms with Crippen LogP contribution in [-0.2, 0) is 0 Å². The van der Waals surface area contributed by atoms with E-state index in [1.165, 1.54) is 7.11 Å². The van der Waals surface area contributed by atoms with Gasteiger partial charge in [0.25, 0.3) is 0 Å². The van der Waals surface area contributed by atoms with Crippen LogP contribution in [0.25, 0.3) is 11.3 Å². The lowest BCUT2D eigenvalue weighted by atomic mass is 10.1. The lowest BCUT2D eigenvalue weighted by Crippen LogP contribution is -2.00. The third kappa shape index (κ3) is 2.11. The number of hydrogen-bond acceptors (Lipinski definition) is 3. The number of aromatic amines is 1. The summed E-state index contributed by atoms with van der Waals surface area (Å²) in [6.07, 6.45) is 0. The van der Waals surface area contributed by atoms with Crippen molar-refractivity contribution in [3.63, 3.8) is 0 Å². The number of nitrogens with zero attached hydrogens (tertiary/aromatic N) is 1. The Hall–Kier alpha value is -1.82. The number of rotatable bonds is 3. The van der Waals surface area contributed by atoms with E-state index in [1.807, 2.05) is 6.07 Å². The fraction of sp³-hybridized carbons (Fsp3) is 0.167. The van der Waals surface area contributed by atoms with E-state index < -0.39 is 5.97 Å². The predicted molar refractivity (Wildman–Crippen MR) is 70.0 cm³/mol. The van der Waals surface area contributed by atoms with Gasteiger partial charge in [-0.3, -0.25) is 5.10 Å². The number of hydrogen-bond donors (Lipinski definition) is 2. The Bertz CT molecular complexity index is 607. The smallest absolute Gasteiger partial charge is 0.339 e. The van der Waals surface area contributed by atoms with Crippen molar-refractivity contribution < 1.29 is 14.6 Å². The Kier molecular flexibility index (Phi) is 3.38. The topological polar surface area (TPSA) is 75.2 Å². The van der Waals surface area contributed by atoms with E-state index in [0.717, 1.165) is 4.47 Å². The second-order valence-electron chi connectivity index (χ2n) is 3.72. The predicted octanol–water partition coefficient (Wildman–Crippen LogP) is 2.85. The molecular weight excluding hydrogens is 300 g/mol. The highest BCUT2D eigenvalue weighted by atomic mass is 79.9. The van der Waals surface area contributed by atoms with Crippen LogP contribution in [0.1, 0.15) is 16.1 Å². The number of aromatic carboxylic acids is 1. The van der Waals surface area contributed by atoms with Gasteiger partial charge in [0.2, 0.25) is 0 Å². The average molecular weight is 311 g/mol. The third-order valence-corrected chi connectivity index (χ3v) is 3.07. The number of carboxylic acid groups (broad SMARTS) is 1. The highest BCUT2D eigenvalue weighted by Gasteiger charge is 2.21. The first-order valence-electron chi connectivity index (χ1n) is 5.16. The number of benzene rings is 1. The zero-order chi connectivity index (χ0) is 13.3. The molecule has 1 heterocycles. The molecule has 2 rings (SSSR count). The lowest BCUT2D eigenvalue weighted by molar-refractivity contribution is 0.0697. The molecule has 0 spiro atoms. The van der Waals surface area contributed by atoms with E-state index in [1.54, 1.807) is 19.1 Å². The summed E-state index contributed by atoms with van der Waals surface area (Å²) in [7, 11) is 1.53. The molecule has 0 saturated heterocycles. The van der Waals surface area contributed by atoms with Gasteiger partial charge in [-0.2, -0.15) is 5.10 Å². The molecule has 1 aromatic heterocycles. The number of methoxy groups -OCH3 is 1. The molecule has 0 saturated carbocycles. The highest BCUT2D eigenvalue weighted by Crippen LogP contribution is 2.34. The number of halogens is 1. The molecule has 5 nitrogen and oxygen atoms in total. The zero-order valence-electron chi connectivity index (χ0n) is 9.82. The van der Waals surface area contributed by atoms with E-state index in [2.05, 4.69) is 26.1 Å². The van der Waals surface area contributed by atoms with E-state index in [4.69, 9.17) is 4.74 Å². The van der Waals surface area contributed by atoms with E-state index in [9.17, 15) is 9.90 Å². The zero-order valence-corrected chi connectivity index (χ0v) is 11.4. The van der Waals surface area contributed by atoms with Gasteiger partial charge in [0.1, 0.15) is 17.0 Å². The molecular formula is C12H11BrN2O3. The summed E-state index contributed by atoms with van der Waals surface area (Å²) in [5.74, 6) is -0.439. The molecule has 18 heavy (non-hydrogen) atoms.